The summed E-state index contributed by atoms with van der Waals surface area (Å²) in [6, 6.07) is 0. The summed E-state index contributed by atoms with van der Waals surface area (Å²) in [5.41, 5.74) is 0. The first-order valence-corrected chi connectivity index (χ1v) is 10.4. The highest BCUT2D eigenvalue weighted by molar-refractivity contribution is 5.72. The van der Waals surface area contributed by atoms with Crippen LogP contribution in [0.2, 0.25) is 0 Å². The summed E-state index contributed by atoms with van der Waals surface area (Å²) >= 11 is 0. The number of rotatable bonds is 3. The molecule has 0 amide bonds. The lowest BCUT2D eigenvalue weighted by molar-refractivity contribution is -0.161. The van der Waals surface area contributed by atoms with Crippen molar-refractivity contribution >= 4 is 5.97 Å². The largest absolute Gasteiger partial charge is 0.459 e. The van der Waals surface area contributed by atoms with Crippen molar-refractivity contribution in [1.29, 1.82) is 0 Å². The third-order valence-electron chi connectivity index (χ3n) is 7.07. The Labute approximate surface area is 157 Å². The van der Waals surface area contributed by atoms with Crippen LogP contribution < -0.4 is 0 Å². The number of esters is 1. The maximum Gasteiger partial charge on any atom is 0.309 e. The van der Waals surface area contributed by atoms with Gasteiger partial charge in [-0.2, -0.15) is 0 Å². The van der Waals surface area contributed by atoms with E-state index in [9.17, 15) is 9.18 Å². The van der Waals surface area contributed by atoms with Gasteiger partial charge in [0, 0.05) is 2.85 Å². The second kappa shape index (κ2) is 9.37. The molecule has 0 aromatic heterocycles. The number of ether oxygens (including phenoxy) is 1. The molecule has 0 N–H and O–H groups in total. The van der Waals surface area contributed by atoms with E-state index in [4.69, 9.17) is 4.74 Å². The normalized spacial score (nSPS) is 42.3. The summed E-state index contributed by atoms with van der Waals surface area (Å²) in [7, 11) is 0. The van der Waals surface area contributed by atoms with E-state index in [-0.39, 0.29) is 22.2 Å². The predicted octanol–water partition coefficient (Wildman–Crippen LogP) is 6.82. The van der Waals surface area contributed by atoms with Crippen LogP contribution in [-0.4, -0.2) is 18.2 Å². The van der Waals surface area contributed by atoms with Crippen molar-refractivity contribution in [2.24, 2.45) is 29.6 Å². The zero-order chi connectivity index (χ0) is 17.1. The van der Waals surface area contributed by atoms with E-state index >= 15 is 0 Å². The Balaban J connectivity index is 0.00000225. The smallest absolute Gasteiger partial charge is 0.309 e. The van der Waals surface area contributed by atoms with Gasteiger partial charge in [0.15, 0.2) is 0 Å². The molecule has 0 bridgehead atoms. The summed E-state index contributed by atoms with van der Waals surface area (Å²) in [5.74, 6) is 2.92. The second-order valence-electron chi connectivity index (χ2n) is 9.04. The average Bonchev–Trinajstić information content (AvgIpc) is 2.58. The van der Waals surface area contributed by atoms with E-state index in [1.807, 2.05) is 0 Å². The maximum atomic E-state index is 14.1. The lowest BCUT2D eigenvalue weighted by Crippen LogP contribution is -2.37. The molecule has 3 rings (SSSR count). The molecular formula is C22H43FO2. The van der Waals surface area contributed by atoms with E-state index in [1.165, 1.54) is 38.5 Å². The summed E-state index contributed by atoms with van der Waals surface area (Å²) in [6.45, 7) is 4.45. The van der Waals surface area contributed by atoms with Crippen molar-refractivity contribution in [2.75, 3.05) is 0 Å². The minimum atomic E-state index is -0.960. The molecule has 0 spiro atoms. The van der Waals surface area contributed by atoms with E-state index in [0.29, 0.717) is 18.8 Å². The van der Waals surface area contributed by atoms with Crippen LogP contribution in [0.3, 0.4) is 0 Å². The summed E-state index contributed by atoms with van der Waals surface area (Å²) in [5, 5.41) is 0. The first kappa shape index (κ1) is 20.7. The van der Waals surface area contributed by atoms with Gasteiger partial charge in [0.05, 0.1) is 5.92 Å². The summed E-state index contributed by atoms with van der Waals surface area (Å²) in [6.07, 6.45) is 10.5. The van der Waals surface area contributed by atoms with Crippen LogP contribution in [0.15, 0.2) is 0 Å². The zero-order valence-electron chi connectivity index (χ0n) is 15.5. The van der Waals surface area contributed by atoms with Gasteiger partial charge >= 0.3 is 5.97 Å². The number of hydrogen-bond acceptors (Lipinski definition) is 2. The third kappa shape index (κ3) is 5.44. The van der Waals surface area contributed by atoms with Gasteiger partial charge in [0.25, 0.3) is 0 Å². The molecule has 0 radical (unpaired) electrons. The standard InChI is InChI=1S/C21H35FO2.CH4.2H2/c1-14-3-6-16(7-4-14)17-8-10-18(11-9-17)21(23)24-20-12-5-15(2)13-19(20)22;;;/h14-20H,3-13H2,1-2H3;1H4;2*1H. The van der Waals surface area contributed by atoms with Crippen molar-refractivity contribution < 1.29 is 16.8 Å². The van der Waals surface area contributed by atoms with Gasteiger partial charge in [-0.3, -0.25) is 4.79 Å². The van der Waals surface area contributed by atoms with Crippen LogP contribution in [-0.2, 0) is 9.53 Å². The number of carbonyl (C=O) groups is 1. The van der Waals surface area contributed by atoms with Crippen LogP contribution in [0.1, 0.15) is 94.8 Å². The van der Waals surface area contributed by atoms with Crippen LogP contribution in [0.25, 0.3) is 0 Å². The van der Waals surface area contributed by atoms with Gasteiger partial charge in [0.2, 0.25) is 0 Å². The first-order chi connectivity index (χ1) is 11.5. The third-order valence-corrected chi connectivity index (χ3v) is 7.07. The Morgan fingerprint density at radius 3 is 1.92 bits per heavy atom. The molecule has 3 saturated carbocycles. The second-order valence-corrected chi connectivity index (χ2v) is 9.04. The Bertz CT molecular complexity index is 419. The number of hydrogen-bond donors (Lipinski definition) is 0. The van der Waals surface area contributed by atoms with Crippen LogP contribution in [0.5, 0.6) is 0 Å². The Morgan fingerprint density at radius 1 is 0.840 bits per heavy atom. The number of alkyl halides is 1. The number of carbonyl (C=O) groups excluding carboxylic acids is 1. The Hall–Kier alpha value is -0.600. The predicted molar refractivity (Wildman–Crippen MR) is 105 cm³/mol. The molecule has 0 aromatic carbocycles. The highest BCUT2D eigenvalue weighted by Gasteiger charge is 2.36. The molecule has 3 atom stereocenters. The van der Waals surface area contributed by atoms with Crippen molar-refractivity contribution in [1.82, 2.24) is 0 Å². The van der Waals surface area contributed by atoms with Gasteiger partial charge in [-0.1, -0.05) is 34.1 Å². The first-order valence-electron chi connectivity index (χ1n) is 10.4. The zero-order valence-corrected chi connectivity index (χ0v) is 15.5. The SMILES string of the molecule is C.CC1CCC(C2CCC(C(=O)OC3CCC(C)CC3F)CC2)CC1.[HH].[HH]. The van der Waals surface area contributed by atoms with E-state index in [0.717, 1.165) is 37.0 Å². The lowest BCUT2D eigenvalue weighted by Gasteiger charge is -2.37. The van der Waals surface area contributed by atoms with E-state index in [1.54, 1.807) is 0 Å². The molecule has 2 nitrogen and oxygen atoms in total. The molecular weight excluding hydrogens is 315 g/mol. The van der Waals surface area contributed by atoms with Gasteiger partial charge in [0.1, 0.15) is 12.3 Å². The molecule has 0 heterocycles. The monoisotopic (exact) mass is 358 g/mol. The minimum Gasteiger partial charge on any atom is -0.459 e. The molecule has 3 heteroatoms. The van der Waals surface area contributed by atoms with E-state index < -0.39 is 12.3 Å². The van der Waals surface area contributed by atoms with Crippen molar-refractivity contribution in [3.63, 3.8) is 0 Å². The summed E-state index contributed by atoms with van der Waals surface area (Å²) in [4.78, 5) is 12.4. The maximum absolute atomic E-state index is 14.1. The average molecular weight is 359 g/mol. The van der Waals surface area contributed by atoms with Crippen LogP contribution in [0.4, 0.5) is 4.39 Å². The fourth-order valence-corrected chi connectivity index (χ4v) is 5.25. The molecule has 0 saturated heterocycles. The summed E-state index contributed by atoms with van der Waals surface area (Å²) < 4.78 is 19.7. The van der Waals surface area contributed by atoms with Crippen LogP contribution >= 0.6 is 0 Å². The highest BCUT2D eigenvalue weighted by atomic mass is 19.1. The molecule has 0 aromatic rings. The Kier molecular flexibility index (Phi) is 7.76. The van der Waals surface area contributed by atoms with Crippen molar-refractivity contribution in [2.45, 2.75) is 104 Å². The minimum absolute atomic E-state index is 0. The lowest BCUT2D eigenvalue weighted by atomic mass is 9.69. The van der Waals surface area contributed by atoms with Gasteiger partial charge in [-0.05, 0) is 81.5 Å². The fraction of sp³-hybridized carbons (Fsp3) is 0.955. The quantitative estimate of drug-likeness (QED) is 0.517. The molecule has 150 valence electrons. The molecule has 0 aliphatic heterocycles. The van der Waals surface area contributed by atoms with Gasteiger partial charge < -0.3 is 4.74 Å². The highest BCUT2D eigenvalue weighted by Crippen LogP contribution is 2.41. The molecule has 3 aliphatic carbocycles. The van der Waals surface area contributed by atoms with E-state index in [2.05, 4.69) is 13.8 Å². The van der Waals surface area contributed by atoms with Gasteiger partial charge in [-0.15, -0.1) is 0 Å². The topological polar surface area (TPSA) is 26.3 Å². The van der Waals surface area contributed by atoms with Gasteiger partial charge in [-0.25, -0.2) is 4.39 Å². The van der Waals surface area contributed by atoms with Crippen molar-refractivity contribution in [3.8, 4) is 0 Å². The Morgan fingerprint density at radius 2 is 1.36 bits per heavy atom. The number of halogens is 1. The molecule has 25 heavy (non-hydrogen) atoms. The van der Waals surface area contributed by atoms with Crippen LogP contribution in [0, 0.1) is 29.6 Å². The molecule has 3 aliphatic rings. The molecule has 3 unspecified atom stereocenters. The molecule has 3 fully saturated rings. The van der Waals surface area contributed by atoms with Crippen molar-refractivity contribution in [3.05, 3.63) is 0 Å². The fourth-order valence-electron chi connectivity index (χ4n) is 5.25.